The first-order chi connectivity index (χ1) is 16.1. The van der Waals surface area contributed by atoms with Gasteiger partial charge in [0.05, 0.1) is 7.11 Å². The molecule has 6 nitrogen and oxygen atoms in total. The number of aryl methyl sites for hydroxylation is 1. The fourth-order valence-electron chi connectivity index (χ4n) is 4.27. The molecule has 3 heterocycles. The van der Waals surface area contributed by atoms with Crippen LogP contribution in [0.25, 0.3) is 22.0 Å². The monoisotopic (exact) mass is 440 g/mol. The van der Waals surface area contributed by atoms with Crippen molar-refractivity contribution in [1.82, 2.24) is 19.9 Å². The molecule has 5 rings (SSSR count). The van der Waals surface area contributed by atoms with E-state index in [1.165, 1.54) is 29.4 Å². The second-order valence-corrected chi connectivity index (χ2v) is 8.80. The lowest BCUT2D eigenvalue weighted by molar-refractivity contribution is 0.0744. The number of hydrogen-bond donors (Lipinski definition) is 1. The van der Waals surface area contributed by atoms with Gasteiger partial charge in [0.1, 0.15) is 5.69 Å². The highest BCUT2D eigenvalue weighted by molar-refractivity contribution is 5.99. The molecule has 1 aliphatic rings. The van der Waals surface area contributed by atoms with Crippen LogP contribution in [0.3, 0.4) is 0 Å². The van der Waals surface area contributed by atoms with Crippen LogP contribution in [-0.2, 0) is 6.42 Å². The smallest absolute Gasteiger partial charge is 0.273 e. The molecule has 0 bridgehead atoms. The second kappa shape index (κ2) is 9.06. The summed E-state index contributed by atoms with van der Waals surface area (Å²) >= 11 is 0. The van der Waals surface area contributed by atoms with Crippen LogP contribution in [0.15, 0.2) is 61.1 Å². The quantitative estimate of drug-likeness (QED) is 0.417. The minimum atomic E-state index is -0.0241. The number of ether oxygens (including phenoxy) is 1. The maximum absolute atomic E-state index is 13.7. The van der Waals surface area contributed by atoms with Crippen LogP contribution in [0, 0.1) is 12.8 Å². The van der Waals surface area contributed by atoms with Crippen molar-refractivity contribution < 1.29 is 9.53 Å². The highest BCUT2D eigenvalue weighted by Crippen LogP contribution is 2.31. The Balaban J connectivity index is 1.40. The molecule has 168 valence electrons. The first-order valence-corrected chi connectivity index (χ1v) is 11.4. The number of rotatable bonds is 8. The molecule has 1 amide bonds. The predicted octanol–water partition coefficient (Wildman–Crippen LogP) is 5.04. The number of H-pyrrole nitrogens is 1. The molecular formula is C27H28N4O2. The Kier molecular flexibility index (Phi) is 5.82. The fraction of sp³-hybridized carbons (Fsp3) is 0.296. The first kappa shape index (κ1) is 21.2. The summed E-state index contributed by atoms with van der Waals surface area (Å²) < 4.78 is 5.17. The zero-order valence-corrected chi connectivity index (χ0v) is 19.0. The lowest BCUT2D eigenvalue weighted by Gasteiger charge is -2.23. The summed E-state index contributed by atoms with van der Waals surface area (Å²) in [6.07, 6.45) is 8.66. The normalized spacial score (nSPS) is 13.3. The van der Waals surface area contributed by atoms with Gasteiger partial charge in [-0.3, -0.25) is 9.78 Å². The largest absolute Gasteiger partial charge is 0.481 e. The average molecular weight is 441 g/mol. The van der Waals surface area contributed by atoms with Crippen LogP contribution in [0.5, 0.6) is 5.88 Å². The molecule has 1 aliphatic carbocycles. The number of amides is 1. The lowest BCUT2D eigenvalue weighted by Crippen LogP contribution is -2.35. The molecular weight excluding hydrogens is 412 g/mol. The summed E-state index contributed by atoms with van der Waals surface area (Å²) in [5.74, 6) is 1.11. The number of carbonyl (C=O) groups is 1. The van der Waals surface area contributed by atoms with Gasteiger partial charge in [0.15, 0.2) is 0 Å². The number of aromatic amines is 1. The van der Waals surface area contributed by atoms with Crippen molar-refractivity contribution in [2.75, 3.05) is 20.2 Å². The Morgan fingerprint density at radius 1 is 1.18 bits per heavy atom. The third-order valence-corrected chi connectivity index (χ3v) is 6.30. The number of nitrogens with zero attached hydrogens (tertiary/aromatic N) is 3. The Morgan fingerprint density at radius 2 is 2.06 bits per heavy atom. The topological polar surface area (TPSA) is 71.1 Å². The number of hydrogen-bond acceptors (Lipinski definition) is 4. The summed E-state index contributed by atoms with van der Waals surface area (Å²) in [5, 5.41) is 1.22. The SMILES string of the molecule is COc1ccc(-c2cccnc2C(=O)N(CCc2c[nH]c3cc(C)ccc23)CC2CC2)cn1. The van der Waals surface area contributed by atoms with Gasteiger partial charge in [-0.25, -0.2) is 4.98 Å². The Labute approximate surface area is 193 Å². The molecule has 1 fully saturated rings. The first-order valence-electron chi connectivity index (χ1n) is 11.4. The van der Waals surface area contributed by atoms with E-state index in [9.17, 15) is 4.79 Å². The van der Waals surface area contributed by atoms with Crippen molar-refractivity contribution in [3.05, 3.63) is 77.9 Å². The van der Waals surface area contributed by atoms with Gasteiger partial charge in [-0.2, -0.15) is 0 Å². The Hall–Kier alpha value is -3.67. The van der Waals surface area contributed by atoms with E-state index in [2.05, 4.69) is 46.3 Å². The molecule has 1 saturated carbocycles. The van der Waals surface area contributed by atoms with Crippen molar-refractivity contribution >= 4 is 16.8 Å². The van der Waals surface area contributed by atoms with Crippen LogP contribution in [0.1, 0.15) is 34.5 Å². The molecule has 0 atom stereocenters. The van der Waals surface area contributed by atoms with Crippen molar-refractivity contribution in [3.8, 4) is 17.0 Å². The van der Waals surface area contributed by atoms with Gasteiger partial charge in [-0.1, -0.05) is 18.2 Å². The number of pyridine rings is 2. The van der Waals surface area contributed by atoms with E-state index in [1.807, 2.05) is 23.1 Å². The number of fused-ring (bicyclic) bond motifs is 1. The molecule has 0 spiro atoms. The summed E-state index contributed by atoms with van der Waals surface area (Å²) in [5.41, 5.74) is 5.73. The molecule has 1 aromatic carbocycles. The van der Waals surface area contributed by atoms with E-state index in [0.717, 1.165) is 29.6 Å². The van der Waals surface area contributed by atoms with Crippen LogP contribution in [0.4, 0.5) is 0 Å². The predicted molar refractivity (Wildman–Crippen MR) is 129 cm³/mol. The molecule has 0 aliphatic heterocycles. The van der Waals surface area contributed by atoms with Gasteiger partial charge in [0.2, 0.25) is 5.88 Å². The summed E-state index contributed by atoms with van der Waals surface area (Å²) in [4.78, 5) is 27.9. The highest BCUT2D eigenvalue weighted by Gasteiger charge is 2.29. The van der Waals surface area contributed by atoms with Crippen molar-refractivity contribution in [2.24, 2.45) is 5.92 Å². The van der Waals surface area contributed by atoms with Gasteiger partial charge in [0.25, 0.3) is 5.91 Å². The molecule has 0 radical (unpaired) electrons. The van der Waals surface area contributed by atoms with Crippen LogP contribution in [0.2, 0.25) is 0 Å². The standard InChI is InChI=1S/C27H28N4O2/c1-18-5-9-22-21(15-29-24(22)14-18)11-13-31(17-19-6-7-19)27(32)26-23(4-3-12-28-26)20-8-10-25(33-2)30-16-20/h3-5,8-10,12,14-16,19,29H,6-7,11,13,17H2,1-2H3. The molecule has 6 heteroatoms. The third kappa shape index (κ3) is 4.60. The molecule has 3 aromatic heterocycles. The molecule has 0 saturated heterocycles. The van der Waals surface area contributed by atoms with Gasteiger partial charge >= 0.3 is 0 Å². The third-order valence-electron chi connectivity index (χ3n) is 6.30. The van der Waals surface area contributed by atoms with Crippen molar-refractivity contribution in [2.45, 2.75) is 26.2 Å². The molecule has 33 heavy (non-hydrogen) atoms. The van der Waals surface area contributed by atoms with Gasteiger partial charge in [-0.15, -0.1) is 0 Å². The number of aromatic nitrogens is 3. The van der Waals surface area contributed by atoms with Crippen LogP contribution < -0.4 is 4.74 Å². The van der Waals surface area contributed by atoms with Gasteiger partial charge in [-0.05, 0) is 61.4 Å². The lowest BCUT2D eigenvalue weighted by atomic mass is 10.0. The van der Waals surface area contributed by atoms with E-state index in [1.54, 1.807) is 25.6 Å². The molecule has 0 unspecified atom stereocenters. The number of carbonyl (C=O) groups excluding carboxylic acids is 1. The minimum absolute atomic E-state index is 0.0241. The summed E-state index contributed by atoms with van der Waals surface area (Å²) in [6.45, 7) is 3.53. The molecule has 1 N–H and O–H groups in total. The van der Waals surface area contributed by atoms with Crippen molar-refractivity contribution in [1.29, 1.82) is 0 Å². The van der Waals surface area contributed by atoms with Crippen molar-refractivity contribution in [3.63, 3.8) is 0 Å². The maximum Gasteiger partial charge on any atom is 0.273 e. The maximum atomic E-state index is 13.7. The fourth-order valence-corrected chi connectivity index (χ4v) is 4.27. The van der Waals surface area contributed by atoms with E-state index in [0.29, 0.717) is 24.0 Å². The van der Waals surface area contributed by atoms with Crippen LogP contribution in [-0.4, -0.2) is 46.0 Å². The van der Waals surface area contributed by atoms with E-state index in [-0.39, 0.29) is 5.91 Å². The Morgan fingerprint density at radius 3 is 2.82 bits per heavy atom. The zero-order chi connectivity index (χ0) is 22.8. The summed E-state index contributed by atoms with van der Waals surface area (Å²) in [6, 6.07) is 14.0. The number of methoxy groups -OCH3 is 1. The Bertz CT molecular complexity index is 1280. The highest BCUT2D eigenvalue weighted by atomic mass is 16.5. The average Bonchev–Trinajstić information content (AvgIpc) is 3.59. The minimum Gasteiger partial charge on any atom is -0.481 e. The molecule has 4 aromatic rings. The van der Waals surface area contributed by atoms with Gasteiger partial charge < -0.3 is 14.6 Å². The van der Waals surface area contributed by atoms with E-state index in [4.69, 9.17) is 4.74 Å². The summed E-state index contributed by atoms with van der Waals surface area (Å²) in [7, 11) is 1.59. The van der Waals surface area contributed by atoms with Gasteiger partial charge in [0, 0.05) is 59.8 Å². The second-order valence-electron chi connectivity index (χ2n) is 8.80. The number of nitrogens with one attached hydrogen (secondary N) is 1. The van der Waals surface area contributed by atoms with E-state index < -0.39 is 0 Å². The van der Waals surface area contributed by atoms with E-state index >= 15 is 0 Å². The zero-order valence-electron chi connectivity index (χ0n) is 19.0. The number of benzene rings is 1. The van der Waals surface area contributed by atoms with Crippen LogP contribution >= 0.6 is 0 Å².